The number of aromatic nitrogens is 4. The van der Waals surface area contributed by atoms with Gasteiger partial charge in [-0.25, -0.2) is 5.10 Å². The van der Waals surface area contributed by atoms with Gasteiger partial charge in [0.05, 0.1) is 23.8 Å². The van der Waals surface area contributed by atoms with Gasteiger partial charge in [0.2, 0.25) is 0 Å². The molecule has 8 heteroatoms. The number of benzene rings is 2. The number of aryl methyl sites for hydroxylation is 2. The molecule has 0 unspecified atom stereocenters. The number of H-pyrrole nitrogens is 1. The Labute approximate surface area is 171 Å². The van der Waals surface area contributed by atoms with E-state index in [1.54, 1.807) is 21.8 Å². The molecule has 150 valence electrons. The van der Waals surface area contributed by atoms with Gasteiger partial charge in [0.1, 0.15) is 5.82 Å². The van der Waals surface area contributed by atoms with Crippen molar-refractivity contribution in [3.8, 4) is 11.1 Å². The van der Waals surface area contributed by atoms with Crippen LogP contribution in [0.1, 0.15) is 27.2 Å². The smallest absolute Gasteiger partial charge is 0.272 e. The molecule has 2 aromatic heterocycles. The predicted octanol–water partition coefficient (Wildman–Crippen LogP) is 2.25. The van der Waals surface area contributed by atoms with Crippen molar-refractivity contribution < 1.29 is 4.79 Å². The van der Waals surface area contributed by atoms with Gasteiger partial charge in [-0.3, -0.25) is 19.2 Å². The van der Waals surface area contributed by atoms with Crippen LogP contribution >= 0.6 is 0 Å². The number of aromatic amines is 1. The summed E-state index contributed by atoms with van der Waals surface area (Å²) in [7, 11) is 1.82. The van der Waals surface area contributed by atoms with E-state index >= 15 is 0 Å². The van der Waals surface area contributed by atoms with E-state index in [1.807, 2.05) is 44.3 Å². The van der Waals surface area contributed by atoms with Crippen LogP contribution < -0.4 is 16.2 Å². The minimum Gasteiger partial charge on any atom is -0.325 e. The van der Waals surface area contributed by atoms with Crippen molar-refractivity contribution in [3.63, 3.8) is 0 Å². The number of anilines is 1. The maximum atomic E-state index is 13.1. The van der Waals surface area contributed by atoms with E-state index in [1.165, 1.54) is 0 Å². The number of hydrogen-bond donors (Lipinski definition) is 2. The molecule has 1 aliphatic heterocycles. The number of carbonyl (C=O) groups excluding carboxylic acids is 1. The lowest BCUT2D eigenvalue weighted by atomic mass is 10.0. The van der Waals surface area contributed by atoms with Crippen molar-refractivity contribution in [1.29, 1.82) is 0 Å². The first-order valence-corrected chi connectivity index (χ1v) is 9.63. The van der Waals surface area contributed by atoms with E-state index in [2.05, 4.69) is 15.3 Å². The van der Waals surface area contributed by atoms with Crippen LogP contribution in [0.15, 0.2) is 47.4 Å². The standard InChI is InChI=1S/C22H20N6O2/c1-12-3-5-15-14(7-12)11-28(22(15)30)21-18(10-24-27(21)2)13-4-6-16-17(8-13)19(9-23)25-26-20(16)29/h3-8,10H,9,11,23H2,1-2H3,(H,26,29). The minimum absolute atomic E-state index is 0.0450. The number of nitrogens with zero attached hydrogens (tertiary/aromatic N) is 4. The summed E-state index contributed by atoms with van der Waals surface area (Å²) in [5, 5.41) is 12.2. The number of amides is 1. The van der Waals surface area contributed by atoms with Crippen LogP contribution in [0.4, 0.5) is 5.82 Å². The maximum absolute atomic E-state index is 13.1. The van der Waals surface area contributed by atoms with E-state index in [4.69, 9.17) is 5.73 Å². The Bertz CT molecular complexity index is 1380. The van der Waals surface area contributed by atoms with Gasteiger partial charge in [-0.2, -0.15) is 10.2 Å². The van der Waals surface area contributed by atoms with Crippen LogP contribution in [0.3, 0.4) is 0 Å². The van der Waals surface area contributed by atoms with E-state index < -0.39 is 0 Å². The van der Waals surface area contributed by atoms with Crippen LogP contribution in [0.25, 0.3) is 21.9 Å². The molecule has 4 aromatic rings. The van der Waals surface area contributed by atoms with Gasteiger partial charge in [0.25, 0.3) is 11.5 Å². The Hall–Kier alpha value is -3.78. The van der Waals surface area contributed by atoms with Gasteiger partial charge in [-0.05, 0) is 36.2 Å². The molecule has 2 aromatic carbocycles. The molecule has 0 radical (unpaired) electrons. The Kier molecular flexibility index (Phi) is 4.04. The summed E-state index contributed by atoms with van der Waals surface area (Å²) in [6.07, 6.45) is 1.74. The van der Waals surface area contributed by atoms with E-state index in [9.17, 15) is 9.59 Å². The van der Waals surface area contributed by atoms with Crippen LogP contribution in [-0.2, 0) is 20.1 Å². The molecule has 30 heavy (non-hydrogen) atoms. The molecular weight excluding hydrogens is 380 g/mol. The number of fused-ring (bicyclic) bond motifs is 2. The topological polar surface area (TPSA) is 110 Å². The lowest BCUT2D eigenvalue weighted by Crippen LogP contribution is -2.26. The molecule has 3 heterocycles. The zero-order valence-corrected chi connectivity index (χ0v) is 16.6. The Morgan fingerprint density at radius 1 is 1.10 bits per heavy atom. The van der Waals surface area contributed by atoms with Crippen molar-refractivity contribution in [3.05, 3.63) is 75.3 Å². The largest absolute Gasteiger partial charge is 0.325 e. The maximum Gasteiger partial charge on any atom is 0.272 e. The van der Waals surface area contributed by atoms with Crippen molar-refractivity contribution in [2.75, 3.05) is 4.90 Å². The Morgan fingerprint density at radius 2 is 1.93 bits per heavy atom. The number of carbonyl (C=O) groups is 1. The van der Waals surface area contributed by atoms with Crippen molar-refractivity contribution in [2.24, 2.45) is 12.8 Å². The summed E-state index contributed by atoms with van der Waals surface area (Å²) in [6.45, 7) is 2.71. The third-order valence-corrected chi connectivity index (χ3v) is 5.60. The number of hydrogen-bond acceptors (Lipinski definition) is 5. The van der Waals surface area contributed by atoms with E-state index in [-0.39, 0.29) is 18.0 Å². The van der Waals surface area contributed by atoms with Gasteiger partial charge in [0.15, 0.2) is 0 Å². The quantitative estimate of drug-likeness (QED) is 0.548. The van der Waals surface area contributed by atoms with Crippen molar-refractivity contribution >= 4 is 22.5 Å². The van der Waals surface area contributed by atoms with Crippen LogP contribution in [0.5, 0.6) is 0 Å². The Balaban J connectivity index is 1.65. The lowest BCUT2D eigenvalue weighted by molar-refractivity contribution is 0.0995. The highest BCUT2D eigenvalue weighted by Gasteiger charge is 2.32. The number of nitrogens with one attached hydrogen (secondary N) is 1. The molecule has 1 aliphatic rings. The summed E-state index contributed by atoms with van der Waals surface area (Å²) in [4.78, 5) is 27.0. The zero-order chi connectivity index (χ0) is 21.0. The fraction of sp³-hybridized carbons (Fsp3) is 0.182. The zero-order valence-electron chi connectivity index (χ0n) is 16.6. The van der Waals surface area contributed by atoms with E-state index in [0.717, 1.165) is 22.3 Å². The third-order valence-electron chi connectivity index (χ3n) is 5.60. The molecule has 8 nitrogen and oxygen atoms in total. The fourth-order valence-electron chi connectivity index (χ4n) is 4.12. The van der Waals surface area contributed by atoms with Crippen molar-refractivity contribution in [2.45, 2.75) is 20.0 Å². The SMILES string of the molecule is Cc1ccc2c(c1)CN(c1c(-c3ccc4c(=O)[nH]nc(CN)c4c3)cnn1C)C2=O. The third kappa shape index (κ3) is 2.65. The molecule has 5 rings (SSSR count). The molecular formula is C22H20N6O2. The predicted molar refractivity (Wildman–Crippen MR) is 114 cm³/mol. The first-order chi connectivity index (χ1) is 14.5. The molecule has 0 fully saturated rings. The Morgan fingerprint density at radius 3 is 2.73 bits per heavy atom. The van der Waals surface area contributed by atoms with Gasteiger partial charge in [0, 0.05) is 30.1 Å². The molecule has 1 amide bonds. The highest BCUT2D eigenvalue weighted by Crippen LogP contribution is 2.36. The minimum atomic E-state index is -0.263. The molecule has 0 bridgehead atoms. The van der Waals surface area contributed by atoms with Gasteiger partial charge < -0.3 is 5.73 Å². The molecule has 0 spiro atoms. The highest BCUT2D eigenvalue weighted by atomic mass is 16.2. The summed E-state index contributed by atoms with van der Waals surface area (Å²) in [5.41, 5.74) is 10.6. The van der Waals surface area contributed by atoms with Crippen LogP contribution in [-0.4, -0.2) is 25.9 Å². The number of rotatable bonds is 3. The van der Waals surface area contributed by atoms with Crippen LogP contribution in [0, 0.1) is 6.92 Å². The number of nitrogens with two attached hydrogens (primary N) is 1. The average molecular weight is 400 g/mol. The summed E-state index contributed by atoms with van der Waals surface area (Å²) in [5.74, 6) is 0.664. The monoisotopic (exact) mass is 400 g/mol. The second-order valence-corrected chi connectivity index (χ2v) is 7.52. The van der Waals surface area contributed by atoms with Gasteiger partial charge >= 0.3 is 0 Å². The van der Waals surface area contributed by atoms with E-state index in [0.29, 0.717) is 34.4 Å². The molecule has 0 saturated carbocycles. The second-order valence-electron chi connectivity index (χ2n) is 7.52. The fourth-order valence-corrected chi connectivity index (χ4v) is 4.12. The highest BCUT2D eigenvalue weighted by molar-refractivity contribution is 6.11. The molecule has 3 N–H and O–H groups in total. The molecule has 0 aliphatic carbocycles. The molecule has 0 saturated heterocycles. The summed E-state index contributed by atoms with van der Waals surface area (Å²) < 4.78 is 1.70. The molecule has 0 atom stereocenters. The summed E-state index contributed by atoms with van der Waals surface area (Å²) >= 11 is 0. The first kappa shape index (κ1) is 18.3. The normalized spacial score (nSPS) is 13.3. The average Bonchev–Trinajstić information content (AvgIpc) is 3.27. The lowest BCUT2D eigenvalue weighted by Gasteiger charge is -2.18. The van der Waals surface area contributed by atoms with Gasteiger partial charge in [-0.15, -0.1) is 0 Å². The first-order valence-electron chi connectivity index (χ1n) is 9.63. The van der Waals surface area contributed by atoms with Gasteiger partial charge in [-0.1, -0.05) is 23.8 Å². The second kappa shape index (κ2) is 6.64. The van der Waals surface area contributed by atoms with Crippen molar-refractivity contribution in [1.82, 2.24) is 20.0 Å². The summed E-state index contributed by atoms with van der Waals surface area (Å²) in [6, 6.07) is 11.4. The van der Waals surface area contributed by atoms with Crippen LogP contribution in [0.2, 0.25) is 0 Å².